The van der Waals surface area contributed by atoms with Crippen molar-refractivity contribution in [2.45, 2.75) is 39.5 Å². The maximum atomic E-state index is 9.28. The lowest BCUT2D eigenvalue weighted by Gasteiger charge is -2.13. The molecule has 3 aromatic rings. The SMILES string of the molecule is CCCc1c(C/C(=C/C=N)Nc2ncccc2C#N)ncn2nc(CC)nc12. The second-order valence-corrected chi connectivity index (χ2v) is 6.24. The van der Waals surface area contributed by atoms with Crippen molar-refractivity contribution in [2.75, 3.05) is 5.32 Å². The lowest BCUT2D eigenvalue weighted by Crippen LogP contribution is -2.11. The number of hydrogen-bond acceptors (Lipinski definition) is 7. The van der Waals surface area contributed by atoms with Gasteiger partial charge in [0.15, 0.2) is 11.5 Å². The second kappa shape index (κ2) is 8.86. The predicted octanol–water partition coefficient (Wildman–Crippen LogP) is 3.09. The van der Waals surface area contributed by atoms with Crippen molar-refractivity contribution in [3.63, 3.8) is 0 Å². The van der Waals surface area contributed by atoms with Gasteiger partial charge in [-0.25, -0.2) is 19.5 Å². The molecule has 28 heavy (non-hydrogen) atoms. The first-order chi connectivity index (χ1) is 13.7. The van der Waals surface area contributed by atoms with E-state index < -0.39 is 0 Å². The van der Waals surface area contributed by atoms with Gasteiger partial charge in [-0.2, -0.15) is 5.26 Å². The summed E-state index contributed by atoms with van der Waals surface area (Å²) in [4.78, 5) is 13.5. The van der Waals surface area contributed by atoms with E-state index in [0.29, 0.717) is 17.8 Å². The molecule has 0 aromatic carbocycles. The quantitative estimate of drug-likeness (QED) is 0.585. The van der Waals surface area contributed by atoms with Gasteiger partial charge in [0.05, 0.1) is 11.3 Å². The third-order valence-corrected chi connectivity index (χ3v) is 4.28. The third-order valence-electron chi connectivity index (χ3n) is 4.28. The zero-order chi connectivity index (χ0) is 19.9. The molecule has 0 unspecified atom stereocenters. The number of nitrogens with one attached hydrogen (secondary N) is 2. The molecule has 0 aliphatic heterocycles. The Kier molecular flexibility index (Phi) is 6.07. The number of fused-ring (bicyclic) bond motifs is 1. The van der Waals surface area contributed by atoms with Gasteiger partial charge in [0.1, 0.15) is 18.2 Å². The third kappa shape index (κ3) is 4.04. The second-order valence-electron chi connectivity index (χ2n) is 6.24. The fraction of sp³-hybridized carbons (Fsp3) is 0.300. The standard InChI is InChI=1S/C20H22N8/c1-3-6-16-17(24-13-28-20(16)26-18(4-2)27-28)11-15(8-9-21)25-19-14(12-22)7-5-10-23-19/h5,7-10,13,21H,3-4,6,11H2,1-2H3,(H,23,25)/b15-8-,21-9?. The van der Waals surface area contributed by atoms with Gasteiger partial charge in [0.2, 0.25) is 0 Å². The average molecular weight is 374 g/mol. The first-order valence-electron chi connectivity index (χ1n) is 9.23. The van der Waals surface area contributed by atoms with Crippen molar-refractivity contribution in [3.05, 3.63) is 59.1 Å². The number of aromatic nitrogens is 5. The number of allylic oxidation sites excluding steroid dienone is 2. The summed E-state index contributed by atoms with van der Waals surface area (Å²) >= 11 is 0. The molecule has 0 fully saturated rings. The highest BCUT2D eigenvalue weighted by Crippen LogP contribution is 2.20. The van der Waals surface area contributed by atoms with Gasteiger partial charge in [0.25, 0.3) is 0 Å². The molecular formula is C20H22N8. The summed E-state index contributed by atoms with van der Waals surface area (Å²) in [5.74, 6) is 1.25. The van der Waals surface area contributed by atoms with E-state index in [9.17, 15) is 5.26 Å². The van der Waals surface area contributed by atoms with E-state index in [1.165, 1.54) is 6.21 Å². The number of anilines is 1. The minimum atomic E-state index is 0.445. The average Bonchev–Trinajstić information content (AvgIpc) is 3.14. The van der Waals surface area contributed by atoms with Crippen molar-refractivity contribution < 1.29 is 0 Å². The molecule has 0 amide bonds. The van der Waals surface area contributed by atoms with Crippen molar-refractivity contribution in [1.29, 1.82) is 10.7 Å². The molecule has 0 aliphatic carbocycles. The Hall–Kier alpha value is -3.60. The van der Waals surface area contributed by atoms with E-state index in [1.54, 1.807) is 35.2 Å². The van der Waals surface area contributed by atoms with E-state index in [1.807, 2.05) is 6.92 Å². The van der Waals surface area contributed by atoms with Gasteiger partial charge in [0, 0.05) is 36.5 Å². The zero-order valence-electron chi connectivity index (χ0n) is 16.0. The minimum Gasteiger partial charge on any atom is -0.342 e. The van der Waals surface area contributed by atoms with E-state index in [2.05, 4.69) is 38.4 Å². The fourth-order valence-corrected chi connectivity index (χ4v) is 2.97. The first kappa shape index (κ1) is 19.2. The van der Waals surface area contributed by atoms with Crippen molar-refractivity contribution in [2.24, 2.45) is 0 Å². The molecular weight excluding hydrogens is 352 g/mol. The topological polar surface area (TPSA) is 116 Å². The van der Waals surface area contributed by atoms with Crippen LogP contribution in [0.15, 0.2) is 36.4 Å². The van der Waals surface area contributed by atoms with E-state index in [4.69, 9.17) is 5.41 Å². The molecule has 2 N–H and O–H groups in total. The molecule has 0 saturated carbocycles. The van der Waals surface area contributed by atoms with Crippen LogP contribution in [0.5, 0.6) is 0 Å². The van der Waals surface area contributed by atoms with Crippen LogP contribution in [0.4, 0.5) is 5.82 Å². The monoisotopic (exact) mass is 374 g/mol. The van der Waals surface area contributed by atoms with Gasteiger partial charge in [-0.1, -0.05) is 20.3 Å². The summed E-state index contributed by atoms with van der Waals surface area (Å²) in [5, 5.41) is 24.4. The summed E-state index contributed by atoms with van der Waals surface area (Å²) in [6.07, 6.45) is 9.19. The number of hydrogen-bond donors (Lipinski definition) is 2. The molecule has 0 saturated heterocycles. The highest BCUT2D eigenvalue weighted by atomic mass is 15.3. The predicted molar refractivity (Wildman–Crippen MR) is 107 cm³/mol. The normalized spacial score (nSPS) is 11.4. The molecule has 3 aromatic heterocycles. The van der Waals surface area contributed by atoms with Crippen LogP contribution in [-0.4, -0.2) is 30.8 Å². The van der Waals surface area contributed by atoms with Crippen LogP contribution < -0.4 is 5.32 Å². The molecule has 8 nitrogen and oxygen atoms in total. The molecule has 0 aliphatic rings. The maximum absolute atomic E-state index is 9.28. The minimum absolute atomic E-state index is 0.445. The van der Waals surface area contributed by atoms with Crippen LogP contribution in [0.1, 0.15) is 42.9 Å². The van der Waals surface area contributed by atoms with Crippen LogP contribution in [-0.2, 0) is 19.3 Å². The molecule has 3 rings (SSSR count). The smallest absolute Gasteiger partial charge is 0.162 e. The zero-order valence-corrected chi connectivity index (χ0v) is 16.0. The van der Waals surface area contributed by atoms with Crippen molar-refractivity contribution >= 4 is 17.7 Å². The lowest BCUT2D eigenvalue weighted by atomic mass is 10.1. The maximum Gasteiger partial charge on any atom is 0.162 e. The van der Waals surface area contributed by atoms with Crippen LogP contribution in [0.3, 0.4) is 0 Å². The molecule has 3 heterocycles. The Morgan fingerprint density at radius 2 is 2.21 bits per heavy atom. The Morgan fingerprint density at radius 3 is 2.93 bits per heavy atom. The van der Waals surface area contributed by atoms with E-state index in [0.717, 1.165) is 47.7 Å². The van der Waals surface area contributed by atoms with Gasteiger partial charge in [-0.3, -0.25) is 0 Å². The summed E-state index contributed by atoms with van der Waals surface area (Å²) in [5.41, 5.74) is 3.93. The Bertz CT molecular complexity index is 1060. The molecule has 0 bridgehead atoms. The van der Waals surface area contributed by atoms with E-state index in [-0.39, 0.29) is 0 Å². The first-order valence-corrected chi connectivity index (χ1v) is 9.23. The molecule has 0 spiro atoms. The highest BCUT2D eigenvalue weighted by Gasteiger charge is 2.15. The van der Waals surface area contributed by atoms with Gasteiger partial charge in [-0.05, 0) is 24.6 Å². The van der Waals surface area contributed by atoms with E-state index >= 15 is 0 Å². The van der Waals surface area contributed by atoms with Crippen LogP contribution >= 0.6 is 0 Å². The Morgan fingerprint density at radius 1 is 1.36 bits per heavy atom. The number of aryl methyl sites for hydroxylation is 2. The molecule has 0 radical (unpaired) electrons. The highest BCUT2D eigenvalue weighted by molar-refractivity contribution is 5.71. The summed E-state index contributed by atoms with van der Waals surface area (Å²) < 4.78 is 1.73. The molecule has 142 valence electrons. The van der Waals surface area contributed by atoms with Crippen molar-refractivity contribution in [1.82, 2.24) is 24.6 Å². The Labute approximate surface area is 163 Å². The van der Waals surface area contributed by atoms with Crippen molar-refractivity contribution in [3.8, 4) is 6.07 Å². The van der Waals surface area contributed by atoms with Crippen LogP contribution in [0, 0.1) is 16.7 Å². The summed E-state index contributed by atoms with van der Waals surface area (Å²) in [6, 6.07) is 5.54. The number of nitriles is 1. The Balaban J connectivity index is 1.98. The number of nitrogens with zero attached hydrogens (tertiary/aromatic N) is 6. The number of pyridine rings is 1. The van der Waals surface area contributed by atoms with Gasteiger partial charge >= 0.3 is 0 Å². The molecule has 0 atom stereocenters. The largest absolute Gasteiger partial charge is 0.342 e. The van der Waals surface area contributed by atoms with Gasteiger partial charge in [-0.15, -0.1) is 5.10 Å². The van der Waals surface area contributed by atoms with Gasteiger partial charge < -0.3 is 10.7 Å². The fourth-order valence-electron chi connectivity index (χ4n) is 2.97. The summed E-state index contributed by atoms with van der Waals surface area (Å²) in [6.45, 7) is 4.14. The molecule has 8 heteroatoms. The summed E-state index contributed by atoms with van der Waals surface area (Å²) in [7, 11) is 0. The lowest BCUT2D eigenvalue weighted by molar-refractivity contribution is 0.823. The number of rotatable bonds is 8. The van der Waals surface area contributed by atoms with Crippen LogP contribution in [0.2, 0.25) is 0 Å². The van der Waals surface area contributed by atoms with Crippen LogP contribution in [0.25, 0.3) is 5.65 Å².